The number of ether oxygens (including phenoxy) is 1. The van der Waals surface area contributed by atoms with Crippen LogP contribution in [0.15, 0.2) is 24.3 Å². The molecule has 1 atom stereocenters. The number of carbonyl (C=O) groups is 2. The molecule has 1 unspecified atom stereocenters. The fourth-order valence-corrected chi connectivity index (χ4v) is 3.64. The molecule has 8 heteroatoms. The van der Waals surface area contributed by atoms with E-state index in [9.17, 15) is 9.59 Å². The van der Waals surface area contributed by atoms with Crippen LogP contribution in [0.3, 0.4) is 0 Å². The molecule has 2 amide bonds. The Hall–Kier alpha value is -2.32. The van der Waals surface area contributed by atoms with Crippen molar-refractivity contribution in [2.24, 2.45) is 0 Å². The molecule has 0 spiro atoms. The Morgan fingerprint density at radius 3 is 2.85 bits per heavy atom. The summed E-state index contributed by atoms with van der Waals surface area (Å²) in [6, 6.07) is 7.91. The van der Waals surface area contributed by atoms with Crippen LogP contribution in [-0.4, -0.2) is 41.8 Å². The van der Waals surface area contributed by atoms with Crippen LogP contribution < -0.4 is 10.2 Å². The summed E-state index contributed by atoms with van der Waals surface area (Å²) in [7, 11) is 0. The van der Waals surface area contributed by atoms with Gasteiger partial charge in [-0.3, -0.25) is 9.59 Å². The molecule has 0 bridgehead atoms. The van der Waals surface area contributed by atoms with Gasteiger partial charge >= 0.3 is 0 Å². The van der Waals surface area contributed by atoms with Crippen molar-refractivity contribution in [3.63, 3.8) is 0 Å². The molecule has 7 nitrogen and oxygen atoms in total. The Morgan fingerprint density at radius 1 is 1.35 bits per heavy atom. The molecule has 2 heterocycles. The van der Waals surface area contributed by atoms with Crippen LogP contribution in [0, 0.1) is 6.92 Å². The lowest BCUT2D eigenvalue weighted by atomic mass is 10.1. The zero-order valence-corrected chi connectivity index (χ0v) is 15.7. The summed E-state index contributed by atoms with van der Waals surface area (Å²) in [5.41, 5.74) is 2.06. The number of hydrogen-bond donors (Lipinski definition) is 1. The van der Waals surface area contributed by atoms with E-state index >= 15 is 0 Å². The van der Waals surface area contributed by atoms with Gasteiger partial charge in [0.25, 0.3) is 0 Å². The first-order valence-corrected chi connectivity index (χ1v) is 9.46. The zero-order valence-electron chi connectivity index (χ0n) is 14.9. The number of hydrogen-bond acceptors (Lipinski definition) is 6. The number of aromatic nitrogens is 2. The molecule has 26 heavy (non-hydrogen) atoms. The molecule has 1 aliphatic heterocycles. The number of benzene rings is 1. The fraction of sp³-hybridized carbons (Fsp3) is 0.444. The van der Waals surface area contributed by atoms with E-state index in [4.69, 9.17) is 4.74 Å². The van der Waals surface area contributed by atoms with E-state index in [0.29, 0.717) is 31.3 Å². The molecule has 1 N–H and O–H groups in total. The Kier molecular flexibility index (Phi) is 5.95. The summed E-state index contributed by atoms with van der Waals surface area (Å²) >= 11 is 1.33. The minimum atomic E-state index is -0.148. The summed E-state index contributed by atoms with van der Waals surface area (Å²) in [4.78, 5) is 26.0. The SMILES string of the molecule is CCOCCC(=O)Nc1nnc(C2CC(=O)N(c3ccc(C)cc3)C2)s1. The van der Waals surface area contributed by atoms with Crippen molar-refractivity contribution >= 4 is 34.0 Å². The van der Waals surface area contributed by atoms with E-state index in [-0.39, 0.29) is 24.2 Å². The maximum absolute atomic E-state index is 12.4. The highest BCUT2D eigenvalue weighted by atomic mass is 32.1. The average molecular weight is 374 g/mol. The summed E-state index contributed by atoms with van der Waals surface area (Å²) in [6.45, 7) is 5.45. The second-order valence-corrected chi connectivity index (χ2v) is 7.19. The number of nitrogens with zero attached hydrogens (tertiary/aromatic N) is 3. The van der Waals surface area contributed by atoms with Crippen LogP contribution >= 0.6 is 11.3 Å². The van der Waals surface area contributed by atoms with Gasteiger partial charge in [-0.15, -0.1) is 10.2 Å². The molecular weight excluding hydrogens is 352 g/mol. The molecule has 0 aliphatic carbocycles. The quantitative estimate of drug-likeness (QED) is 0.753. The van der Waals surface area contributed by atoms with Crippen LogP contribution in [0.5, 0.6) is 0 Å². The van der Waals surface area contributed by atoms with E-state index in [1.54, 1.807) is 4.90 Å². The zero-order chi connectivity index (χ0) is 18.5. The van der Waals surface area contributed by atoms with Crippen LogP contribution in [0.1, 0.15) is 36.3 Å². The van der Waals surface area contributed by atoms with Gasteiger partial charge in [-0.2, -0.15) is 0 Å². The highest BCUT2D eigenvalue weighted by Crippen LogP contribution is 2.34. The lowest BCUT2D eigenvalue weighted by molar-refractivity contribution is -0.118. The third-order valence-electron chi connectivity index (χ3n) is 4.18. The average Bonchev–Trinajstić information content (AvgIpc) is 3.22. The van der Waals surface area contributed by atoms with Gasteiger partial charge in [-0.25, -0.2) is 0 Å². The summed E-state index contributed by atoms with van der Waals surface area (Å²) < 4.78 is 5.16. The van der Waals surface area contributed by atoms with Crippen molar-refractivity contribution in [2.75, 3.05) is 30.0 Å². The number of anilines is 2. The molecule has 0 radical (unpaired) electrons. The third-order valence-corrected chi connectivity index (χ3v) is 5.19. The van der Waals surface area contributed by atoms with Gasteiger partial charge < -0.3 is 15.0 Å². The van der Waals surface area contributed by atoms with Gasteiger partial charge in [0.2, 0.25) is 16.9 Å². The standard InChI is InChI=1S/C18H22N4O3S/c1-3-25-9-8-15(23)19-18-21-20-17(26-18)13-10-16(24)22(11-13)14-6-4-12(2)5-7-14/h4-7,13H,3,8-11H2,1-2H3,(H,19,21,23). The Morgan fingerprint density at radius 2 is 2.12 bits per heavy atom. The first-order chi connectivity index (χ1) is 12.6. The van der Waals surface area contributed by atoms with E-state index in [1.165, 1.54) is 11.3 Å². The van der Waals surface area contributed by atoms with E-state index < -0.39 is 0 Å². The van der Waals surface area contributed by atoms with Crippen LogP contribution in [0.4, 0.5) is 10.8 Å². The molecule has 1 aliphatic rings. The summed E-state index contributed by atoms with van der Waals surface area (Å²) in [5.74, 6) is -0.0725. The van der Waals surface area contributed by atoms with Crippen molar-refractivity contribution in [3.05, 3.63) is 34.8 Å². The van der Waals surface area contributed by atoms with Gasteiger partial charge in [0.15, 0.2) is 0 Å². The first-order valence-electron chi connectivity index (χ1n) is 8.65. The predicted octanol–water partition coefficient (Wildman–Crippen LogP) is 2.73. The van der Waals surface area contributed by atoms with Gasteiger partial charge in [0.1, 0.15) is 5.01 Å². The van der Waals surface area contributed by atoms with Crippen molar-refractivity contribution in [1.82, 2.24) is 10.2 Å². The largest absolute Gasteiger partial charge is 0.381 e. The molecule has 2 aromatic rings. The van der Waals surface area contributed by atoms with Gasteiger partial charge in [0, 0.05) is 31.2 Å². The fourth-order valence-electron chi connectivity index (χ4n) is 2.79. The second-order valence-electron chi connectivity index (χ2n) is 6.18. The smallest absolute Gasteiger partial charge is 0.228 e. The number of aryl methyl sites for hydroxylation is 1. The van der Waals surface area contributed by atoms with Crippen molar-refractivity contribution in [1.29, 1.82) is 0 Å². The molecule has 1 aromatic carbocycles. The number of nitrogens with one attached hydrogen (secondary N) is 1. The number of amides is 2. The van der Waals surface area contributed by atoms with Crippen molar-refractivity contribution < 1.29 is 14.3 Å². The lowest BCUT2D eigenvalue weighted by Crippen LogP contribution is -2.24. The molecule has 3 rings (SSSR count). The Labute approximate surface area is 156 Å². The first kappa shape index (κ1) is 18.5. The van der Waals surface area contributed by atoms with Crippen LogP contribution in [-0.2, 0) is 14.3 Å². The van der Waals surface area contributed by atoms with E-state index in [2.05, 4.69) is 15.5 Å². The van der Waals surface area contributed by atoms with Gasteiger partial charge in [0.05, 0.1) is 13.0 Å². The molecule has 1 aromatic heterocycles. The monoisotopic (exact) mass is 374 g/mol. The maximum atomic E-state index is 12.4. The molecule has 1 saturated heterocycles. The van der Waals surface area contributed by atoms with Gasteiger partial charge in [-0.05, 0) is 26.0 Å². The molecule has 1 fully saturated rings. The Balaban J connectivity index is 1.60. The third kappa shape index (κ3) is 4.44. The summed E-state index contributed by atoms with van der Waals surface area (Å²) in [6.07, 6.45) is 0.687. The molecular formula is C18H22N4O3S. The molecule has 138 valence electrons. The normalized spacial score (nSPS) is 16.9. The minimum absolute atomic E-state index is 0.00428. The van der Waals surface area contributed by atoms with Gasteiger partial charge in [-0.1, -0.05) is 29.0 Å². The van der Waals surface area contributed by atoms with E-state index in [0.717, 1.165) is 16.3 Å². The predicted molar refractivity (Wildman–Crippen MR) is 101 cm³/mol. The van der Waals surface area contributed by atoms with Crippen LogP contribution in [0.25, 0.3) is 0 Å². The Bertz CT molecular complexity index is 775. The highest BCUT2D eigenvalue weighted by Gasteiger charge is 2.33. The van der Waals surface area contributed by atoms with Crippen molar-refractivity contribution in [2.45, 2.75) is 32.6 Å². The number of carbonyl (C=O) groups excluding carboxylic acids is 2. The van der Waals surface area contributed by atoms with E-state index in [1.807, 2.05) is 38.1 Å². The molecule has 0 saturated carbocycles. The van der Waals surface area contributed by atoms with Crippen LogP contribution in [0.2, 0.25) is 0 Å². The second kappa shape index (κ2) is 8.37. The van der Waals surface area contributed by atoms with Crippen molar-refractivity contribution in [3.8, 4) is 0 Å². The number of rotatable bonds is 7. The highest BCUT2D eigenvalue weighted by molar-refractivity contribution is 7.15. The minimum Gasteiger partial charge on any atom is -0.381 e. The summed E-state index contributed by atoms with van der Waals surface area (Å²) in [5, 5.41) is 12.2. The lowest BCUT2D eigenvalue weighted by Gasteiger charge is -2.16. The topological polar surface area (TPSA) is 84.4 Å². The maximum Gasteiger partial charge on any atom is 0.228 e.